The summed E-state index contributed by atoms with van der Waals surface area (Å²) in [6.45, 7) is 2.24. The maximum atomic E-state index is 12.3. The molecule has 2 heterocycles. The number of hydrazone groups is 1. The first-order valence-electron chi connectivity index (χ1n) is 9.90. The standard InChI is InChI=1S/C22H23N5O4/c1-29-20-12-16(6-7-19(20)31-15-21(28)27-8-10-30-11-9-27)13-23-25-22-18-5-3-2-4-17(18)14-24-26-22/h2-7,12-14H,8-11,15H2,1H3,(H,25,26)/b23-13-. The van der Waals surface area contributed by atoms with Crippen LogP contribution in [-0.2, 0) is 9.53 Å². The minimum absolute atomic E-state index is 0.0505. The van der Waals surface area contributed by atoms with Crippen LogP contribution >= 0.6 is 0 Å². The number of methoxy groups -OCH3 is 1. The molecule has 0 bridgehead atoms. The molecule has 1 aromatic heterocycles. The van der Waals surface area contributed by atoms with Crippen molar-refractivity contribution < 1.29 is 19.0 Å². The van der Waals surface area contributed by atoms with Gasteiger partial charge in [0.15, 0.2) is 23.9 Å². The predicted molar refractivity (Wildman–Crippen MR) is 117 cm³/mol. The van der Waals surface area contributed by atoms with Gasteiger partial charge in [-0.3, -0.25) is 10.2 Å². The highest BCUT2D eigenvalue weighted by molar-refractivity contribution is 5.91. The zero-order chi connectivity index (χ0) is 21.5. The number of nitrogens with zero attached hydrogens (tertiary/aromatic N) is 4. The summed E-state index contributed by atoms with van der Waals surface area (Å²) in [5, 5.41) is 14.3. The summed E-state index contributed by atoms with van der Waals surface area (Å²) in [7, 11) is 1.55. The number of morpholine rings is 1. The van der Waals surface area contributed by atoms with E-state index in [9.17, 15) is 4.79 Å². The number of aromatic nitrogens is 2. The van der Waals surface area contributed by atoms with Crippen LogP contribution in [-0.4, -0.2) is 67.2 Å². The summed E-state index contributed by atoms with van der Waals surface area (Å²) in [5.41, 5.74) is 3.72. The van der Waals surface area contributed by atoms with Crippen molar-refractivity contribution in [2.75, 3.05) is 45.4 Å². The zero-order valence-electron chi connectivity index (χ0n) is 17.2. The summed E-state index contributed by atoms with van der Waals surface area (Å²) in [6, 6.07) is 13.2. The minimum Gasteiger partial charge on any atom is -0.493 e. The lowest BCUT2D eigenvalue weighted by Crippen LogP contribution is -2.43. The number of nitrogens with one attached hydrogen (secondary N) is 1. The molecule has 1 fully saturated rings. The second kappa shape index (κ2) is 9.86. The van der Waals surface area contributed by atoms with E-state index in [0.29, 0.717) is 43.6 Å². The molecule has 3 aromatic rings. The summed E-state index contributed by atoms with van der Waals surface area (Å²) in [5.74, 6) is 1.51. The SMILES string of the molecule is COc1cc(/C=N\Nc2nncc3ccccc23)ccc1OCC(=O)N1CCOCC1. The lowest BCUT2D eigenvalue weighted by Gasteiger charge is -2.26. The fourth-order valence-corrected chi connectivity index (χ4v) is 3.21. The van der Waals surface area contributed by atoms with Gasteiger partial charge in [-0.2, -0.15) is 10.2 Å². The van der Waals surface area contributed by atoms with Gasteiger partial charge in [-0.05, 0) is 23.8 Å². The van der Waals surface area contributed by atoms with Crippen molar-refractivity contribution in [3.8, 4) is 11.5 Å². The molecule has 1 aliphatic heterocycles. The predicted octanol–water partition coefficient (Wildman–Crippen LogP) is 2.32. The molecule has 0 spiro atoms. The van der Waals surface area contributed by atoms with E-state index in [0.717, 1.165) is 16.3 Å². The molecule has 1 aliphatic rings. The molecule has 9 heteroatoms. The fourth-order valence-electron chi connectivity index (χ4n) is 3.21. The van der Waals surface area contributed by atoms with Crippen LogP contribution in [0.4, 0.5) is 5.82 Å². The van der Waals surface area contributed by atoms with Gasteiger partial charge in [0.2, 0.25) is 0 Å². The number of fused-ring (bicyclic) bond motifs is 1. The largest absolute Gasteiger partial charge is 0.493 e. The van der Waals surface area contributed by atoms with Gasteiger partial charge in [-0.15, -0.1) is 5.10 Å². The molecule has 2 aromatic carbocycles. The number of rotatable bonds is 7. The first kappa shape index (κ1) is 20.5. The Morgan fingerprint density at radius 2 is 2.06 bits per heavy atom. The normalized spacial score (nSPS) is 14.0. The summed E-state index contributed by atoms with van der Waals surface area (Å²) in [6.07, 6.45) is 3.35. The van der Waals surface area contributed by atoms with Crippen LogP contribution in [0.2, 0.25) is 0 Å². The number of ether oxygens (including phenoxy) is 3. The maximum absolute atomic E-state index is 12.3. The van der Waals surface area contributed by atoms with Gasteiger partial charge in [-0.1, -0.05) is 24.3 Å². The van der Waals surface area contributed by atoms with Crippen LogP contribution in [0.1, 0.15) is 5.56 Å². The van der Waals surface area contributed by atoms with E-state index in [-0.39, 0.29) is 12.5 Å². The molecular formula is C22H23N5O4. The van der Waals surface area contributed by atoms with Gasteiger partial charge in [-0.25, -0.2) is 0 Å². The minimum atomic E-state index is -0.0728. The highest BCUT2D eigenvalue weighted by Crippen LogP contribution is 2.27. The Balaban J connectivity index is 1.39. The third kappa shape index (κ3) is 5.07. The molecule has 1 saturated heterocycles. The second-order valence-corrected chi connectivity index (χ2v) is 6.84. The monoisotopic (exact) mass is 421 g/mol. The molecule has 0 aliphatic carbocycles. The van der Waals surface area contributed by atoms with Gasteiger partial charge in [0.05, 0.1) is 32.7 Å². The molecule has 9 nitrogen and oxygen atoms in total. The van der Waals surface area contributed by atoms with Gasteiger partial charge >= 0.3 is 0 Å². The highest BCUT2D eigenvalue weighted by Gasteiger charge is 2.18. The molecule has 0 radical (unpaired) electrons. The van der Waals surface area contributed by atoms with E-state index in [1.54, 1.807) is 36.6 Å². The van der Waals surface area contributed by atoms with Crippen molar-refractivity contribution in [1.29, 1.82) is 0 Å². The van der Waals surface area contributed by atoms with E-state index < -0.39 is 0 Å². The Labute approximate surface area is 179 Å². The molecule has 4 rings (SSSR count). The number of benzene rings is 2. The van der Waals surface area contributed by atoms with E-state index >= 15 is 0 Å². The number of anilines is 1. The number of hydrogen-bond donors (Lipinski definition) is 1. The zero-order valence-corrected chi connectivity index (χ0v) is 17.2. The maximum Gasteiger partial charge on any atom is 0.260 e. The number of carbonyl (C=O) groups is 1. The van der Waals surface area contributed by atoms with Crippen LogP contribution in [0.5, 0.6) is 11.5 Å². The molecular weight excluding hydrogens is 398 g/mol. The van der Waals surface area contributed by atoms with Gasteiger partial charge < -0.3 is 19.1 Å². The molecule has 0 saturated carbocycles. The van der Waals surface area contributed by atoms with Crippen LogP contribution in [0, 0.1) is 0 Å². The summed E-state index contributed by atoms with van der Waals surface area (Å²) in [4.78, 5) is 14.0. The smallest absolute Gasteiger partial charge is 0.260 e. The Kier molecular flexibility index (Phi) is 6.53. The first-order valence-corrected chi connectivity index (χ1v) is 9.90. The average molecular weight is 421 g/mol. The quantitative estimate of drug-likeness (QED) is 0.462. The highest BCUT2D eigenvalue weighted by atomic mass is 16.5. The Morgan fingerprint density at radius 1 is 1.23 bits per heavy atom. The Hall–Kier alpha value is -3.72. The van der Waals surface area contributed by atoms with Crippen molar-refractivity contribution in [2.45, 2.75) is 0 Å². The lowest BCUT2D eigenvalue weighted by atomic mass is 10.2. The molecule has 160 valence electrons. The third-order valence-electron chi connectivity index (χ3n) is 4.86. The van der Waals surface area contributed by atoms with Crippen molar-refractivity contribution in [1.82, 2.24) is 15.1 Å². The number of hydrogen-bond acceptors (Lipinski definition) is 8. The summed E-state index contributed by atoms with van der Waals surface area (Å²) < 4.78 is 16.4. The van der Waals surface area contributed by atoms with Gasteiger partial charge in [0.1, 0.15) is 0 Å². The topological polar surface area (TPSA) is 98.2 Å². The molecule has 1 amide bonds. The third-order valence-corrected chi connectivity index (χ3v) is 4.86. The van der Waals surface area contributed by atoms with Crippen molar-refractivity contribution in [2.24, 2.45) is 5.10 Å². The Morgan fingerprint density at radius 3 is 2.90 bits per heavy atom. The first-order chi connectivity index (χ1) is 15.2. The van der Waals surface area contributed by atoms with E-state index in [4.69, 9.17) is 14.2 Å². The van der Waals surface area contributed by atoms with Crippen molar-refractivity contribution in [3.05, 3.63) is 54.2 Å². The van der Waals surface area contributed by atoms with E-state index in [2.05, 4.69) is 20.7 Å². The number of amides is 1. The molecule has 31 heavy (non-hydrogen) atoms. The second-order valence-electron chi connectivity index (χ2n) is 6.84. The molecule has 1 N–H and O–H groups in total. The van der Waals surface area contributed by atoms with E-state index in [1.165, 1.54) is 0 Å². The lowest BCUT2D eigenvalue weighted by molar-refractivity contribution is -0.137. The van der Waals surface area contributed by atoms with Gasteiger partial charge in [0.25, 0.3) is 5.91 Å². The molecule has 0 atom stereocenters. The van der Waals surface area contributed by atoms with Crippen molar-refractivity contribution >= 4 is 28.7 Å². The Bertz CT molecular complexity index is 1080. The van der Waals surface area contributed by atoms with Gasteiger partial charge in [0, 0.05) is 23.9 Å². The van der Waals surface area contributed by atoms with Crippen LogP contribution in [0.3, 0.4) is 0 Å². The van der Waals surface area contributed by atoms with Crippen LogP contribution in [0.15, 0.2) is 53.8 Å². The van der Waals surface area contributed by atoms with Crippen LogP contribution < -0.4 is 14.9 Å². The average Bonchev–Trinajstić information content (AvgIpc) is 2.83. The van der Waals surface area contributed by atoms with Crippen LogP contribution in [0.25, 0.3) is 10.8 Å². The van der Waals surface area contributed by atoms with Crippen molar-refractivity contribution in [3.63, 3.8) is 0 Å². The number of carbonyl (C=O) groups excluding carboxylic acids is 1. The fraction of sp³-hybridized carbons (Fsp3) is 0.273. The summed E-state index contributed by atoms with van der Waals surface area (Å²) >= 11 is 0. The van der Waals surface area contributed by atoms with E-state index in [1.807, 2.05) is 30.3 Å². The molecule has 0 unspecified atom stereocenters.